The van der Waals surface area contributed by atoms with E-state index in [1.54, 1.807) is 0 Å². The molecule has 2 N–H and O–H groups in total. The maximum atomic E-state index is 9.67. The maximum Gasteiger partial charge on any atom is 0.0967 e. The van der Waals surface area contributed by atoms with E-state index >= 15 is 0 Å². The number of likely N-dealkylation sites (tertiary alicyclic amines) is 2. The highest BCUT2D eigenvalue weighted by Gasteiger charge is 2.24. The molecular formula is C21H28N6O. The first kappa shape index (κ1) is 17.8. The summed E-state index contributed by atoms with van der Waals surface area (Å²) in [6, 6.07) is 9.26. The number of fused-ring (bicyclic) bond motifs is 1. The fourth-order valence-corrected chi connectivity index (χ4v) is 4.55. The Morgan fingerprint density at radius 1 is 1.04 bits per heavy atom. The number of nitrogens with one attached hydrogen (secondary N) is 1. The van der Waals surface area contributed by atoms with Crippen LogP contribution in [0.25, 0.3) is 10.9 Å². The largest absolute Gasteiger partial charge is 0.392 e. The molecule has 1 aromatic carbocycles. The molecule has 2 saturated heterocycles. The molecule has 7 nitrogen and oxygen atoms in total. The van der Waals surface area contributed by atoms with E-state index in [0.717, 1.165) is 64.2 Å². The van der Waals surface area contributed by atoms with Crippen LogP contribution >= 0.6 is 0 Å². The van der Waals surface area contributed by atoms with Gasteiger partial charge in [-0.05, 0) is 48.4 Å². The number of benzene rings is 1. The molecule has 0 saturated carbocycles. The third-order valence-electron chi connectivity index (χ3n) is 6.15. The maximum absolute atomic E-state index is 9.67. The molecule has 28 heavy (non-hydrogen) atoms. The lowest BCUT2D eigenvalue weighted by atomic mass is 10.0. The number of β-amino-alcohol motifs (C(OH)–C–C–N with tert-alkyl or cyclic N) is 1. The molecule has 1 atom stereocenters. The zero-order valence-corrected chi connectivity index (χ0v) is 16.2. The van der Waals surface area contributed by atoms with Gasteiger partial charge in [0.1, 0.15) is 0 Å². The summed E-state index contributed by atoms with van der Waals surface area (Å²) in [6.07, 6.45) is 7.00. The van der Waals surface area contributed by atoms with Gasteiger partial charge in [-0.3, -0.25) is 9.80 Å². The topological polar surface area (TPSA) is 73.2 Å². The Morgan fingerprint density at radius 3 is 2.71 bits per heavy atom. The Kier molecular flexibility index (Phi) is 4.88. The number of hydrogen-bond donors (Lipinski definition) is 2. The molecule has 2 aromatic heterocycles. The van der Waals surface area contributed by atoms with Crippen molar-refractivity contribution in [2.24, 2.45) is 0 Å². The monoisotopic (exact) mass is 380 g/mol. The predicted molar refractivity (Wildman–Crippen MR) is 108 cm³/mol. The van der Waals surface area contributed by atoms with Crippen molar-refractivity contribution in [3.05, 3.63) is 47.9 Å². The predicted octanol–water partition coefficient (Wildman–Crippen LogP) is 2.16. The second-order valence-corrected chi connectivity index (χ2v) is 8.27. The Hall–Kier alpha value is -2.22. The van der Waals surface area contributed by atoms with Gasteiger partial charge in [-0.2, -0.15) is 0 Å². The summed E-state index contributed by atoms with van der Waals surface area (Å²) in [5.41, 5.74) is 3.59. The third kappa shape index (κ3) is 3.83. The van der Waals surface area contributed by atoms with Crippen LogP contribution in [0.4, 0.5) is 0 Å². The van der Waals surface area contributed by atoms with E-state index in [1.807, 2.05) is 6.20 Å². The van der Waals surface area contributed by atoms with Crippen LogP contribution in [0.5, 0.6) is 0 Å². The van der Waals surface area contributed by atoms with Gasteiger partial charge in [0.15, 0.2) is 0 Å². The Morgan fingerprint density at radius 2 is 1.89 bits per heavy atom. The van der Waals surface area contributed by atoms with Crippen molar-refractivity contribution >= 4 is 10.9 Å². The normalized spacial score (nSPS) is 22.4. The Labute approximate surface area is 164 Å². The molecule has 0 radical (unpaired) electrons. The quantitative estimate of drug-likeness (QED) is 0.710. The molecule has 0 bridgehead atoms. The number of hydrogen-bond acceptors (Lipinski definition) is 5. The number of aromatic amines is 1. The van der Waals surface area contributed by atoms with Crippen LogP contribution in [0, 0.1) is 0 Å². The highest BCUT2D eigenvalue weighted by Crippen LogP contribution is 2.24. The fraction of sp³-hybridized carbons (Fsp3) is 0.524. The Balaban J connectivity index is 1.14. The van der Waals surface area contributed by atoms with Crippen LogP contribution in [0.3, 0.4) is 0 Å². The van der Waals surface area contributed by atoms with Gasteiger partial charge in [0.05, 0.1) is 24.0 Å². The van der Waals surface area contributed by atoms with Crippen molar-refractivity contribution in [1.29, 1.82) is 0 Å². The zero-order valence-electron chi connectivity index (χ0n) is 16.2. The van der Waals surface area contributed by atoms with Crippen molar-refractivity contribution < 1.29 is 5.11 Å². The van der Waals surface area contributed by atoms with Gasteiger partial charge in [0.2, 0.25) is 0 Å². The van der Waals surface area contributed by atoms with Crippen molar-refractivity contribution in [2.75, 3.05) is 26.2 Å². The number of aliphatic hydroxyl groups excluding tert-OH is 1. The number of aromatic nitrogens is 4. The average Bonchev–Trinajstić information content (AvgIpc) is 3.44. The van der Waals surface area contributed by atoms with Crippen LogP contribution in [0.1, 0.15) is 36.6 Å². The summed E-state index contributed by atoms with van der Waals surface area (Å²) in [6.45, 7) is 5.67. The molecule has 0 unspecified atom stereocenters. The van der Waals surface area contributed by atoms with E-state index < -0.39 is 0 Å². The SMILES string of the molecule is O[C@H]1CCN(Cc2cn(C3CCN(Cc4ccc5[nH]ccc5c4)CC3)nn2)C1. The molecule has 148 valence electrons. The summed E-state index contributed by atoms with van der Waals surface area (Å²) < 4.78 is 2.06. The molecule has 2 aliphatic rings. The van der Waals surface area contributed by atoms with Gasteiger partial charge in [0, 0.05) is 51.0 Å². The first-order chi connectivity index (χ1) is 13.7. The smallest absolute Gasteiger partial charge is 0.0967 e. The summed E-state index contributed by atoms with van der Waals surface area (Å²) in [4.78, 5) is 8.04. The highest BCUT2D eigenvalue weighted by atomic mass is 16.3. The first-order valence-electron chi connectivity index (χ1n) is 10.3. The lowest BCUT2D eigenvalue weighted by Gasteiger charge is -2.31. The Bertz CT molecular complexity index is 926. The molecular weight excluding hydrogens is 352 g/mol. The van der Waals surface area contributed by atoms with Crippen LogP contribution in [0.15, 0.2) is 36.7 Å². The van der Waals surface area contributed by atoms with Crippen LogP contribution < -0.4 is 0 Å². The second kappa shape index (κ2) is 7.66. The fourth-order valence-electron chi connectivity index (χ4n) is 4.55. The molecule has 2 fully saturated rings. The van der Waals surface area contributed by atoms with Gasteiger partial charge in [-0.25, -0.2) is 4.68 Å². The molecule has 3 aromatic rings. The number of piperidine rings is 1. The van der Waals surface area contributed by atoms with E-state index in [0.29, 0.717) is 6.04 Å². The van der Waals surface area contributed by atoms with Gasteiger partial charge >= 0.3 is 0 Å². The molecule has 0 aliphatic carbocycles. The second-order valence-electron chi connectivity index (χ2n) is 8.27. The molecule has 0 spiro atoms. The van der Waals surface area contributed by atoms with E-state index in [1.165, 1.54) is 16.5 Å². The molecule has 0 amide bonds. The summed E-state index contributed by atoms with van der Waals surface area (Å²) in [5.74, 6) is 0. The number of H-pyrrole nitrogens is 1. The molecule has 4 heterocycles. The van der Waals surface area contributed by atoms with E-state index in [-0.39, 0.29) is 6.10 Å². The summed E-state index contributed by atoms with van der Waals surface area (Å²) >= 11 is 0. The van der Waals surface area contributed by atoms with E-state index in [2.05, 4.69) is 60.2 Å². The van der Waals surface area contributed by atoms with Crippen molar-refractivity contribution in [1.82, 2.24) is 29.8 Å². The van der Waals surface area contributed by atoms with Crippen LogP contribution in [0.2, 0.25) is 0 Å². The summed E-state index contributed by atoms with van der Waals surface area (Å²) in [7, 11) is 0. The average molecular weight is 380 g/mol. The number of nitrogens with zero attached hydrogens (tertiary/aromatic N) is 5. The van der Waals surface area contributed by atoms with Gasteiger partial charge in [-0.1, -0.05) is 11.3 Å². The first-order valence-corrected chi connectivity index (χ1v) is 10.3. The molecule has 7 heteroatoms. The van der Waals surface area contributed by atoms with Gasteiger partial charge in [-0.15, -0.1) is 5.10 Å². The van der Waals surface area contributed by atoms with E-state index in [4.69, 9.17) is 0 Å². The van der Waals surface area contributed by atoms with Gasteiger partial charge < -0.3 is 10.1 Å². The van der Waals surface area contributed by atoms with Gasteiger partial charge in [0.25, 0.3) is 0 Å². The third-order valence-corrected chi connectivity index (χ3v) is 6.15. The van der Waals surface area contributed by atoms with Crippen molar-refractivity contribution in [3.63, 3.8) is 0 Å². The van der Waals surface area contributed by atoms with Crippen molar-refractivity contribution in [3.8, 4) is 0 Å². The van der Waals surface area contributed by atoms with Crippen LogP contribution in [-0.4, -0.2) is 67.2 Å². The summed E-state index contributed by atoms with van der Waals surface area (Å²) in [5, 5.41) is 19.7. The zero-order chi connectivity index (χ0) is 18.9. The number of aliphatic hydroxyl groups is 1. The standard InChI is InChI=1S/C21H28N6O/c28-20-6-10-26(15-20)13-18-14-27(24-23-18)19-4-8-25(9-5-19)12-16-1-2-21-17(11-16)3-7-22-21/h1-3,7,11,14,19-20,22,28H,4-6,8-10,12-13,15H2/t20-/m0/s1. The van der Waals surface area contributed by atoms with Crippen LogP contribution in [-0.2, 0) is 13.1 Å². The lowest BCUT2D eigenvalue weighted by Crippen LogP contribution is -2.34. The minimum absolute atomic E-state index is 0.183. The minimum Gasteiger partial charge on any atom is -0.392 e. The van der Waals surface area contributed by atoms with E-state index in [9.17, 15) is 5.11 Å². The lowest BCUT2D eigenvalue weighted by molar-refractivity contribution is 0.172. The number of rotatable bonds is 5. The minimum atomic E-state index is -0.183. The highest BCUT2D eigenvalue weighted by molar-refractivity contribution is 5.79. The molecule has 5 rings (SSSR count). The molecule has 2 aliphatic heterocycles. The van der Waals surface area contributed by atoms with Crippen molar-refractivity contribution in [2.45, 2.75) is 44.5 Å².